The van der Waals surface area contributed by atoms with Gasteiger partial charge in [-0.05, 0) is 68.3 Å². The number of ether oxygens (including phenoxy) is 3. The second-order valence-electron chi connectivity index (χ2n) is 10.7. The minimum atomic E-state index is -0.505. The number of carbonyl (C=O) groups excluding carboxylic acids is 2. The quantitative estimate of drug-likeness (QED) is 0.382. The Balaban J connectivity index is 1.41. The third-order valence-electron chi connectivity index (χ3n) is 7.00. The predicted molar refractivity (Wildman–Crippen MR) is 132 cm³/mol. The summed E-state index contributed by atoms with van der Waals surface area (Å²) in [5, 5.41) is 0. The van der Waals surface area contributed by atoms with Crippen LogP contribution in [0.4, 0.5) is 4.79 Å². The molecule has 2 aliphatic rings. The predicted octanol–water partition coefficient (Wildman–Crippen LogP) is 5.83. The van der Waals surface area contributed by atoms with Crippen LogP contribution in [0.1, 0.15) is 71.8 Å². The summed E-state index contributed by atoms with van der Waals surface area (Å²) < 4.78 is 16.9. The Labute approximate surface area is 205 Å². The van der Waals surface area contributed by atoms with Crippen LogP contribution < -0.4 is 0 Å². The van der Waals surface area contributed by atoms with Crippen LogP contribution in [0.25, 0.3) is 0 Å². The molecule has 6 atom stereocenters. The lowest BCUT2D eigenvalue weighted by atomic mass is 9.85. The van der Waals surface area contributed by atoms with Gasteiger partial charge in [0.1, 0.15) is 6.61 Å². The molecule has 1 aromatic rings. The number of benzene rings is 1. The number of amides is 2. The first-order valence-corrected chi connectivity index (χ1v) is 13.1. The van der Waals surface area contributed by atoms with Crippen LogP contribution in [0.3, 0.4) is 0 Å². The van der Waals surface area contributed by atoms with Crippen LogP contribution in [-0.2, 0) is 25.4 Å². The lowest BCUT2D eigenvalue weighted by molar-refractivity contribution is -0.168. The van der Waals surface area contributed by atoms with Gasteiger partial charge in [0.25, 0.3) is 0 Å². The van der Waals surface area contributed by atoms with Crippen molar-refractivity contribution in [3.05, 3.63) is 35.9 Å². The molecule has 6 heteroatoms. The average Bonchev–Trinajstić information content (AvgIpc) is 3.17. The first-order valence-electron chi connectivity index (χ1n) is 13.1. The van der Waals surface area contributed by atoms with E-state index < -0.39 is 6.09 Å². The van der Waals surface area contributed by atoms with Crippen molar-refractivity contribution in [3.8, 4) is 0 Å². The van der Waals surface area contributed by atoms with Crippen molar-refractivity contribution in [3.63, 3.8) is 0 Å². The van der Waals surface area contributed by atoms with Gasteiger partial charge in [-0.25, -0.2) is 9.69 Å². The summed E-state index contributed by atoms with van der Waals surface area (Å²) in [5.41, 5.74) is 1.10. The molecule has 1 unspecified atom stereocenters. The van der Waals surface area contributed by atoms with E-state index in [0.29, 0.717) is 24.2 Å². The van der Waals surface area contributed by atoms with E-state index in [2.05, 4.69) is 20.8 Å². The largest absolute Gasteiger partial charge is 0.447 e. The van der Waals surface area contributed by atoms with E-state index in [0.717, 1.165) is 50.9 Å². The van der Waals surface area contributed by atoms with Crippen molar-refractivity contribution in [1.82, 2.24) is 4.90 Å². The Morgan fingerprint density at radius 3 is 2.44 bits per heavy atom. The molecule has 2 heterocycles. The Kier molecular flexibility index (Phi) is 10.4. The van der Waals surface area contributed by atoms with Gasteiger partial charge >= 0.3 is 6.09 Å². The molecule has 6 nitrogen and oxygen atoms in total. The Bertz CT molecular complexity index is 763. The fourth-order valence-electron chi connectivity index (χ4n) is 5.46. The molecule has 2 amide bonds. The molecule has 2 fully saturated rings. The highest BCUT2D eigenvalue weighted by Gasteiger charge is 2.39. The van der Waals surface area contributed by atoms with Crippen molar-refractivity contribution in [2.75, 3.05) is 19.8 Å². The average molecular weight is 474 g/mol. The van der Waals surface area contributed by atoms with Crippen LogP contribution in [0.15, 0.2) is 30.3 Å². The molecule has 190 valence electrons. The standard InChI is InChI=1S/C28H43NO5/c1-20(15-22(3)18-33-26-12-8-9-13-32-26)14-21(2)16-23(4)27(30)29-25(19-34-28(29)31)17-24-10-6-5-7-11-24/h5-7,10-11,20-23,25-26H,8-9,12-19H2,1-4H3/t20-,21+,22+,23+,25+,26?/m1/s1. The molecule has 2 aliphatic heterocycles. The van der Waals surface area contributed by atoms with Gasteiger partial charge < -0.3 is 14.2 Å². The maximum Gasteiger partial charge on any atom is 0.416 e. The number of carbonyl (C=O) groups is 2. The van der Waals surface area contributed by atoms with E-state index in [-0.39, 0.29) is 30.8 Å². The summed E-state index contributed by atoms with van der Waals surface area (Å²) in [5.74, 6) is 1.10. The van der Waals surface area contributed by atoms with E-state index in [1.807, 2.05) is 37.3 Å². The first kappa shape index (κ1) is 26.7. The molecule has 0 N–H and O–H groups in total. The van der Waals surface area contributed by atoms with Crippen LogP contribution in [0, 0.1) is 23.7 Å². The number of cyclic esters (lactones) is 1. The molecular weight excluding hydrogens is 430 g/mol. The van der Waals surface area contributed by atoms with Gasteiger partial charge in [0.15, 0.2) is 6.29 Å². The second kappa shape index (κ2) is 13.2. The van der Waals surface area contributed by atoms with E-state index in [4.69, 9.17) is 14.2 Å². The Morgan fingerprint density at radius 1 is 1.03 bits per heavy atom. The van der Waals surface area contributed by atoms with Crippen molar-refractivity contribution in [2.24, 2.45) is 23.7 Å². The summed E-state index contributed by atoms with van der Waals surface area (Å²) in [6.45, 7) is 10.5. The number of rotatable bonds is 12. The van der Waals surface area contributed by atoms with Gasteiger partial charge in [-0.3, -0.25) is 4.79 Å². The third kappa shape index (κ3) is 8.09. The third-order valence-corrected chi connectivity index (χ3v) is 7.00. The zero-order valence-electron chi connectivity index (χ0n) is 21.4. The SMILES string of the molecule is C[C@@H](C[C@H](C)COC1CCCCO1)C[C@H](C)C[C@H](C)C(=O)N1C(=O)OC[C@@H]1Cc1ccccc1. The molecule has 3 rings (SSSR count). The molecule has 0 spiro atoms. The highest BCUT2D eigenvalue weighted by atomic mass is 16.7. The van der Waals surface area contributed by atoms with Gasteiger partial charge in [0.05, 0.1) is 12.6 Å². The van der Waals surface area contributed by atoms with Gasteiger partial charge in [0.2, 0.25) is 5.91 Å². The number of hydrogen-bond donors (Lipinski definition) is 0. The van der Waals surface area contributed by atoms with E-state index in [9.17, 15) is 9.59 Å². The highest BCUT2D eigenvalue weighted by Crippen LogP contribution is 2.27. The van der Waals surface area contributed by atoms with Crippen molar-refractivity contribution in [1.29, 1.82) is 0 Å². The molecule has 0 aliphatic carbocycles. The molecule has 0 saturated carbocycles. The van der Waals surface area contributed by atoms with Gasteiger partial charge in [-0.1, -0.05) is 58.0 Å². The van der Waals surface area contributed by atoms with Gasteiger partial charge in [0, 0.05) is 12.5 Å². The van der Waals surface area contributed by atoms with Gasteiger partial charge in [-0.2, -0.15) is 0 Å². The summed E-state index contributed by atoms with van der Waals surface area (Å²) in [4.78, 5) is 26.9. The summed E-state index contributed by atoms with van der Waals surface area (Å²) in [6.07, 6.45) is 6.34. The fraction of sp³-hybridized carbons (Fsp3) is 0.714. The second-order valence-corrected chi connectivity index (χ2v) is 10.7. The Hall–Kier alpha value is -1.92. The normalized spacial score (nSPS) is 24.4. The number of hydrogen-bond acceptors (Lipinski definition) is 5. The fourth-order valence-corrected chi connectivity index (χ4v) is 5.46. The summed E-state index contributed by atoms with van der Waals surface area (Å²) in [6, 6.07) is 9.72. The summed E-state index contributed by atoms with van der Waals surface area (Å²) in [7, 11) is 0. The minimum Gasteiger partial charge on any atom is -0.447 e. The van der Waals surface area contributed by atoms with Crippen LogP contribution in [0.5, 0.6) is 0 Å². The smallest absolute Gasteiger partial charge is 0.416 e. The molecule has 0 aromatic heterocycles. The lowest BCUT2D eigenvalue weighted by Crippen LogP contribution is -2.43. The van der Waals surface area contributed by atoms with E-state index in [1.54, 1.807) is 0 Å². The van der Waals surface area contributed by atoms with Crippen LogP contribution in [0.2, 0.25) is 0 Å². The Morgan fingerprint density at radius 2 is 1.74 bits per heavy atom. The molecular formula is C28H43NO5. The molecule has 0 bridgehead atoms. The zero-order chi connectivity index (χ0) is 24.5. The van der Waals surface area contributed by atoms with Crippen molar-refractivity contribution in [2.45, 2.75) is 85.0 Å². The van der Waals surface area contributed by atoms with Crippen molar-refractivity contribution < 1.29 is 23.8 Å². The van der Waals surface area contributed by atoms with Crippen LogP contribution in [-0.4, -0.2) is 49.1 Å². The molecule has 0 radical (unpaired) electrons. The van der Waals surface area contributed by atoms with Gasteiger partial charge in [-0.15, -0.1) is 0 Å². The van der Waals surface area contributed by atoms with Crippen molar-refractivity contribution >= 4 is 12.0 Å². The highest BCUT2D eigenvalue weighted by molar-refractivity contribution is 5.94. The van der Waals surface area contributed by atoms with Crippen LogP contribution >= 0.6 is 0 Å². The molecule has 2 saturated heterocycles. The maximum atomic E-state index is 13.2. The number of imide groups is 1. The topological polar surface area (TPSA) is 65.1 Å². The summed E-state index contributed by atoms with van der Waals surface area (Å²) >= 11 is 0. The minimum absolute atomic E-state index is 0.0275. The zero-order valence-corrected chi connectivity index (χ0v) is 21.4. The number of nitrogens with zero attached hydrogens (tertiary/aromatic N) is 1. The monoisotopic (exact) mass is 473 g/mol. The first-order chi connectivity index (χ1) is 16.3. The van der Waals surface area contributed by atoms with E-state index >= 15 is 0 Å². The van der Waals surface area contributed by atoms with E-state index in [1.165, 1.54) is 11.3 Å². The lowest BCUT2D eigenvalue weighted by Gasteiger charge is -2.27. The molecule has 34 heavy (non-hydrogen) atoms. The molecule has 1 aromatic carbocycles. The maximum absolute atomic E-state index is 13.2.